The first-order valence-electron chi connectivity index (χ1n) is 6.06. The van der Waals surface area contributed by atoms with Gasteiger partial charge in [-0.15, -0.1) is 0 Å². The SMILES string of the molecule is CCNCc1cnoc1C1CCCCC1. The lowest BCUT2D eigenvalue weighted by Crippen LogP contribution is -2.14. The second-order valence-corrected chi connectivity index (χ2v) is 4.33. The van der Waals surface area contributed by atoms with E-state index in [2.05, 4.69) is 17.4 Å². The summed E-state index contributed by atoms with van der Waals surface area (Å²) in [5.74, 6) is 1.76. The number of nitrogens with one attached hydrogen (secondary N) is 1. The molecule has 3 heteroatoms. The Morgan fingerprint density at radius 1 is 1.40 bits per heavy atom. The highest BCUT2D eigenvalue weighted by Crippen LogP contribution is 2.34. The highest BCUT2D eigenvalue weighted by molar-refractivity contribution is 5.18. The van der Waals surface area contributed by atoms with Gasteiger partial charge in [0.05, 0.1) is 6.20 Å². The molecule has 3 nitrogen and oxygen atoms in total. The van der Waals surface area contributed by atoms with Gasteiger partial charge in [-0.2, -0.15) is 0 Å². The van der Waals surface area contributed by atoms with Gasteiger partial charge in [-0.1, -0.05) is 31.3 Å². The summed E-state index contributed by atoms with van der Waals surface area (Å²) in [5, 5.41) is 7.27. The Labute approximate surface area is 91.2 Å². The summed E-state index contributed by atoms with van der Waals surface area (Å²) < 4.78 is 5.41. The van der Waals surface area contributed by atoms with Crippen molar-refractivity contribution >= 4 is 0 Å². The van der Waals surface area contributed by atoms with Gasteiger partial charge in [0.1, 0.15) is 5.76 Å². The molecule has 0 aromatic carbocycles. The molecule has 2 rings (SSSR count). The molecule has 1 aliphatic carbocycles. The summed E-state index contributed by atoms with van der Waals surface area (Å²) in [6.07, 6.45) is 8.47. The Hall–Kier alpha value is -0.830. The standard InChI is InChI=1S/C12H20N2O/c1-2-13-8-11-9-14-15-12(11)10-6-4-3-5-7-10/h9-10,13H,2-8H2,1H3. The Bertz CT molecular complexity index is 290. The molecule has 1 aliphatic rings. The molecule has 0 aliphatic heterocycles. The fraction of sp³-hybridized carbons (Fsp3) is 0.750. The van der Waals surface area contributed by atoms with Crippen LogP contribution in [0.4, 0.5) is 0 Å². The lowest BCUT2D eigenvalue weighted by atomic mass is 9.86. The van der Waals surface area contributed by atoms with E-state index in [0.29, 0.717) is 5.92 Å². The molecule has 1 saturated carbocycles. The largest absolute Gasteiger partial charge is 0.361 e. The zero-order valence-electron chi connectivity index (χ0n) is 9.46. The van der Waals surface area contributed by atoms with Gasteiger partial charge in [0, 0.05) is 18.0 Å². The quantitative estimate of drug-likeness (QED) is 0.826. The Morgan fingerprint density at radius 2 is 2.20 bits per heavy atom. The third-order valence-corrected chi connectivity index (χ3v) is 3.22. The maximum absolute atomic E-state index is 5.41. The number of rotatable bonds is 4. The van der Waals surface area contributed by atoms with Crippen molar-refractivity contribution in [1.29, 1.82) is 0 Å². The maximum atomic E-state index is 5.41. The van der Waals surface area contributed by atoms with Crippen LogP contribution in [0.5, 0.6) is 0 Å². The van der Waals surface area contributed by atoms with Crippen LogP contribution in [-0.2, 0) is 6.54 Å². The van der Waals surface area contributed by atoms with Crippen molar-refractivity contribution in [3.63, 3.8) is 0 Å². The Balaban J connectivity index is 2.02. The van der Waals surface area contributed by atoms with Crippen LogP contribution in [0, 0.1) is 0 Å². The van der Waals surface area contributed by atoms with Gasteiger partial charge in [0.15, 0.2) is 0 Å². The zero-order chi connectivity index (χ0) is 10.5. The lowest BCUT2D eigenvalue weighted by molar-refractivity contribution is 0.319. The zero-order valence-corrected chi connectivity index (χ0v) is 9.46. The van der Waals surface area contributed by atoms with E-state index in [4.69, 9.17) is 4.52 Å². The minimum atomic E-state index is 0.620. The summed E-state index contributed by atoms with van der Waals surface area (Å²) in [7, 11) is 0. The van der Waals surface area contributed by atoms with Crippen molar-refractivity contribution in [2.24, 2.45) is 0 Å². The molecule has 0 amide bonds. The Morgan fingerprint density at radius 3 is 2.93 bits per heavy atom. The van der Waals surface area contributed by atoms with Gasteiger partial charge in [-0.05, 0) is 19.4 Å². The van der Waals surface area contributed by atoms with Crippen molar-refractivity contribution in [2.45, 2.75) is 51.5 Å². The average molecular weight is 208 g/mol. The van der Waals surface area contributed by atoms with E-state index < -0.39 is 0 Å². The van der Waals surface area contributed by atoms with Gasteiger partial charge in [0.25, 0.3) is 0 Å². The number of hydrogen-bond acceptors (Lipinski definition) is 3. The molecule has 1 fully saturated rings. The molecule has 1 N–H and O–H groups in total. The van der Waals surface area contributed by atoms with Crippen LogP contribution in [0.2, 0.25) is 0 Å². The third-order valence-electron chi connectivity index (χ3n) is 3.22. The first kappa shape index (κ1) is 10.7. The normalized spacial score (nSPS) is 18.2. The van der Waals surface area contributed by atoms with Crippen LogP contribution in [0.25, 0.3) is 0 Å². The minimum absolute atomic E-state index is 0.620. The van der Waals surface area contributed by atoms with Crippen molar-refractivity contribution in [3.8, 4) is 0 Å². The third kappa shape index (κ3) is 2.59. The van der Waals surface area contributed by atoms with Crippen LogP contribution in [0.1, 0.15) is 56.3 Å². The highest BCUT2D eigenvalue weighted by atomic mass is 16.5. The topological polar surface area (TPSA) is 38.1 Å². The van der Waals surface area contributed by atoms with Crippen LogP contribution >= 0.6 is 0 Å². The fourth-order valence-corrected chi connectivity index (χ4v) is 2.36. The molecule has 0 saturated heterocycles. The van der Waals surface area contributed by atoms with Crippen LogP contribution < -0.4 is 5.32 Å². The summed E-state index contributed by atoms with van der Waals surface area (Å²) in [5.41, 5.74) is 1.25. The molecular formula is C12H20N2O. The molecular weight excluding hydrogens is 188 g/mol. The van der Waals surface area contributed by atoms with Crippen molar-refractivity contribution in [2.75, 3.05) is 6.54 Å². The first-order chi connectivity index (χ1) is 7.42. The number of aromatic nitrogens is 1. The lowest BCUT2D eigenvalue weighted by Gasteiger charge is -2.19. The van der Waals surface area contributed by atoms with Crippen molar-refractivity contribution < 1.29 is 4.52 Å². The predicted octanol–water partition coefficient (Wildman–Crippen LogP) is 2.83. The monoisotopic (exact) mass is 208 g/mol. The van der Waals surface area contributed by atoms with E-state index in [1.54, 1.807) is 0 Å². The molecule has 0 bridgehead atoms. The average Bonchev–Trinajstić information content (AvgIpc) is 2.75. The summed E-state index contributed by atoms with van der Waals surface area (Å²) >= 11 is 0. The van der Waals surface area contributed by atoms with Crippen LogP contribution in [-0.4, -0.2) is 11.7 Å². The van der Waals surface area contributed by atoms with Gasteiger partial charge in [-0.3, -0.25) is 0 Å². The van der Waals surface area contributed by atoms with Gasteiger partial charge >= 0.3 is 0 Å². The minimum Gasteiger partial charge on any atom is -0.361 e. The summed E-state index contributed by atoms with van der Waals surface area (Å²) in [6.45, 7) is 4.01. The van der Waals surface area contributed by atoms with Crippen molar-refractivity contribution in [3.05, 3.63) is 17.5 Å². The molecule has 1 heterocycles. The summed E-state index contributed by atoms with van der Waals surface area (Å²) in [6, 6.07) is 0. The molecule has 84 valence electrons. The van der Waals surface area contributed by atoms with Crippen LogP contribution in [0.3, 0.4) is 0 Å². The van der Waals surface area contributed by atoms with Gasteiger partial charge < -0.3 is 9.84 Å². The smallest absolute Gasteiger partial charge is 0.144 e. The maximum Gasteiger partial charge on any atom is 0.144 e. The predicted molar refractivity (Wildman–Crippen MR) is 59.7 cm³/mol. The van der Waals surface area contributed by atoms with Gasteiger partial charge in [-0.25, -0.2) is 0 Å². The summed E-state index contributed by atoms with van der Waals surface area (Å²) in [4.78, 5) is 0. The second kappa shape index (κ2) is 5.31. The van der Waals surface area contributed by atoms with E-state index in [-0.39, 0.29) is 0 Å². The molecule has 0 unspecified atom stereocenters. The molecule has 0 spiro atoms. The van der Waals surface area contributed by atoms with E-state index in [9.17, 15) is 0 Å². The Kier molecular flexibility index (Phi) is 3.78. The van der Waals surface area contributed by atoms with E-state index in [1.807, 2.05) is 6.20 Å². The molecule has 1 aromatic heterocycles. The highest BCUT2D eigenvalue weighted by Gasteiger charge is 2.21. The fourth-order valence-electron chi connectivity index (χ4n) is 2.36. The molecule has 15 heavy (non-hydrogen) atoms. The van der Waals surface area contributed by atoms with E-state index in [1.165, 1.54) is 37.7 Å². The number of hydrogen-bond donors (Lipinski definition) is 1. The second-order valence-electron chi connectivity index (χ2n) is 4.33. The number of nitrogens with zero attached hydrogens (tertiary/aromatic N) is 1. The van der Waals surface area contributed by atoms with Gasteiger partial charge in [0.2, 0.25) is 0 Å². The van der Waals surface area contributed by atoms with E-state index >= 15 is 0 Å². The molecule has 0 radical (unpaired) electrons. The van der Waals surface area contributed by atoms with Crippen molar-refractivity contribution in [1.82, 2.24) is 10.5 Å². The van der Waals surface area contributed by atoms with E-state index in [0.717, 1.165) is 18.8 Å². The van der Waals surface area contributed by atoms with Crippen LogP contribution in [0.15, 0.2) is 10.7 Å². The first-order valence-corrected chi connectivity index (χ1v) is 6.06. The molecule has 0 atom stereocenters. The molecule has 1 aromatic rings.